The van der Waals surface area contributed by atoms with Crippen molar-refractivity contribution in [1.82, 2.24) is 0 Å². The highest BCUT2D eigenvalue weighted by Crippen LogP contribution is 2.37. The van der Waals surface area contributed by atoms with Crippen molar-refractivity contribution < 1.29 is 13.9 Å². The number of hydrogen-bond donors (Lipinski definition) is 1. The number of halogens is 1. The molecule has 2 aromatic carbocycles. The predicted molar refractivity (Wildman–Crippen MR) is 83.2 cm³/mol. The molecule has 2 N–H and O–H groups in total. The van der Waals surface area contributed by atoms with E-state index in [4.69, 9.17) is 10.5 Å². The summed E-state index contributed by atoms with van der Waals surface area (Å²) in [5.41, 5.74) is 7.43. The van der Waals surface area contributed by atoms with Gasteiger partial charge in [0.05, 0.1) is 12.2 Å². The van der Waals surface area contributed by atoms with Gasteiger partial charge in [0.2, 0.25) is 0 Å². The van der Waals surface area contributed by atoms with Crippen molar-refractivity contribution in [3.05, 3.63) is 53.8 Å². The minimum atomic E-state index is -0.568. The molecule has 0 aliphatic carbocycles. The number of ether oxygens (including phenoxy) is 1. The first-order chi connectivity index (χ1) is 10.6. The van der Waals surface area contributed by atoms with Crippen LogP contribution in [0.2, 0.25) is 0 Å². The van der Waals surface area contributed by atoms with Gasteiger partial charge >= 0.3 is 0 Å². The van der Waals surface area contributed by atoms with Crippen LogP contribution in [0.1, 0.15) is 18.9 Å². The van der Waals surface area contributed by atoms with Crippen LogP contribution in [0.15, 0.2) is 42.5 Å². The largest absolute Gasteiger partial charge is 0.478 e. The monoisotopic (exact) mass is 300 g/mol. The maximum Gasteiger partial charge on any atom is 0.268 e. The lowest BCUT2D eigenvalue weighted by Crippen LogP contribution is -2.45. The van der Waals surface area contributed by atoms with Gasteiger partial charge in [-0.25, -0.2) is 4.39 Å². The number of fused-ring (bicyclic) bond motifs is 1. The number of anilines is 2. The van der Waals surface area contributed by atoms with Gasteiger partial charge < -0.3 is 15.4 Å². The van der Waals surface area contributed by atoms with E-state index in [1.165, 1.54) is 6.07 Å². The lowest BCUT2D eigenvalue weighted by atomic mass is 10.1. The molecule has 5 heteroatoms. The molecule has 1 aliphatic rings. The predicted octanol–water partition coefficient (Wildman–Crippen LogP) is 3.11. The zero-order chi connectivity index (χ0) is 15.7. The van der Waals surface area contributed by atoms with Crippen LogP contribution in [-0.2, 0) is 11.3 Å². The van der Waals surface area contributed by atoms with Crippen molar-refractivity contribution >= 4 is 17.3 Å². The Morgan fingerprint density at radius 1 is 1.27 bits per heavy atom. The van der Waals surface area contributed by atoms with E-state index in [0.29, 0.717) is 29.1 Å². The lowest BCUT2D eigenvalue weighted by molar-refractivity contribution is -0.126. The Morgan fingerprint density at radius 3 is 2.77 bits per heavy atom. The molecule has 3 rings (SSSR count). The fourth-order valence-corrected chi connectivity index (χ4v) is 2.56. The van der Waals surface area contributed by atoms with E-state index in [1.807, 2.05) is 6.92 Å². The highest BCUT2D eigenvalue weighted by atomic mass is 19.1. The number of nitrogens with zero attached hydrogens (tertiary/aromatic N) is 1. The average Bonchev–Trinajstić information content (AvgIpc) is 2.51. The van der Waals surface area contributed by atoms with Crippen LogP contribution in [0.25, 0.3) is 0 Å². The summed E-state index contributed by atoms with van der Waals surface area (Å²) in [4.78, 5) is 14.1. The van der Waals surface area contributed by atoms with Gasteiger partial charge in [0, 0.05) is 17.3 Å². The highest BCUT2D eigenvalue weighted by molar-refractivity contribution is 6.00. The number of carbonyl (C=O) groups is 1. The first kappa shape index (κ1) is 14.4. The molecule has 0 saturated heterocycles. The smallest absolute Gasteiger partial charge is 0.268 e. The number of benzene rings is 2. The van der Waals surface area contributed by atoms with Gasteiger partial charge in [-0.1, -0.05) is 25.1 Å². The van der Waals surface area contributed by atoms with Crippen LogP contribution < -0.4 is 15.4 Å². The number of nitrogens with two attached hydrogens (primary N) is 1. The molecule has 0 bridgehead atoms. The SMILES string of the molecule is CCC1Oc2cc(N)ccc2N(Cc2ccccc2F)C1=O. The minimum absolute atomic E-state index is 0.164. The second-order valence-electron chi connectivity index (χ2n) is 5.26. The van der Waals surface area contributed by atoms with Gasteiger partial charge in [0.25, 0.3) is 5.91 Å². The first-order valence-corrected chi connectivity index (χ1v) is 7.21. The summed E-state index contributed by atoms with van der Waals surface area (Å²) < 4.78 is 19.6. The highest BCUT2D eigenvalue weighted by Gasteiger charge is 2.33. The molecular weight excluding hydrogens is 283 g/mol. The van der Waals surface area contributed by atoms with E-state index in [1.54, 1.807) is 41.3 Å². The maximum absolute atomic E-state index is 13.9. The Bertz CT molecular complexity index is 718. The van der Waals surface area contributed by atoms with Crippen molar-refractivity contribution in [2.75, 3.05) is 10.6 Å². The molecule has 1 atom stereocenters. The Hall–Kier alpha value is -2.56. The van der Waals surface area contributed by atoms with Crippen LogP contribution in [-0.4, -0.2) is 12.0 Å². The van der Waals surface area contributed by atoms with Gasteiger partial charge in [-0.2, -0.15) is 0 Å². The fraction of sp³-hybridized carbons (Fsp3) is 0.235. The first-order valence-electron chi connectivity index (χ1n) is 7.21. The maximum atomic E-state index is 13.9. The summed E-state index contributed by atoms with van der Waals surface area (Å²) in [7, 11) is 0. The molecule has 1 unspecified atom stereocenters. The molecule has 1 aliphatic heterocycles. The third-order valence-electron chi connectivity index (χ3n) is 3.74. The molecule has 0 saturated carbocycles. The zero-order valence-electron chi connectivity index (χ0n) is 12.3. The van der Waals surface area contributed by atoms with Gasteiger partial charge in [0.15, 0.2) is 6.10 Å². The number of hydrogen-bond acceptors (Lipinski definition) is 3. The topological polar surface area (TPSA) is 55.6 Å². The normalized spacial score (nSPS) is 17.1. The van der Waals surface area contributed by atoms with Crippen LogP contribution in [0.4, 0.5) is 15.8 Å². The van der Waals surface area contributed by atoms with Crippen LogP contribution in [0.5, 0.6) is 5.75 Å². The Kier molecular flexibility index (Phi) is 3.71. The molecule has 0 aromatic heterocycles. The third kappa shape index (κ3) is 2.50. The molecule has 114 valence electrons. The molecule has 0 radical (unpaired) electrons. The molecule has 4 nitrogen and oxygen atoms in total. The van der Waals surface area contributed by atoms with Crippen molar-refractivity contribution in [2.24, 2.45) is 0 Å². The summed E-state index contributed by atoms with van der Waals surface area (Å²) in [5, 5.41) is 0. The van der Waals surface area contributed by atoms with Crippen molar-refractivity contribution in [3.63, 3.8) is 0 Å². The summed E-state index contributed by atoms with van der Waals surface area (Å²) in [6.45, 7) is 2.05. The number of carbonyl (C=O) groups excluding carboxylic acids is 1. The minimum Gasteiger partial charge on any atom is -0.478 e. The van der Waals surface area contributed by atoms with E-state index in [0.717, 1.165) is 0 Å². The van der Waals surface area contributed by atoms with Gasteiger partial charge in [-0.15, -0.1) is 0 Å². The molecule has 0 spiro atoms. The van der Waals surface area contributed by atoms with E-state index >= 15 is 0 Å². The van der Waals surface area contributed by atoms with Gasteiger partial charge in [0.1, 0.15) is 11.6 Å². The Labute approximate surface area is 128 Å². The second kappa shape index (κ2) is 5.67. The molecular formula is C17H17FN2O2. The van der Waals surface area contributed by atoms with Crippen molar-refractivity contribution in [2.45, 2.75) is 26.0 Å². The quantitative estimate of drug-likeness (QED) is 0.886. The van der Waals surface area contributed by atoms with Crippen LogP contribution in [0.3, 0.4) is 0 Å². The van der Waals surface area contributed by atoms with Gasteiger partial charge in [-0.05, 0) is 24.6 Å². The molecule has 2 aromatic rings. The Balaban J connectivity index is 2.01. The standard InChI is InChI=1S/C17H17FN2O2/c1-2-15-17(21)20(10-11-5-3-4-6-13(11)18)14-8-7-12(19)9-16(14)22-15/h3-9,15H,2,10,19H2,1H3. The molecule has 22 heavy (non-hydrogen) atoms. The van der Waals surface area contributed by atoms with Crippen LogP contribution >= 0.6 is 0 Å². The fourth-order valence-electron chi connectivity index (χ4n) is 2.56. The van der Waals surface area contributed by atoms with Crippen molar-refractivity contribution in [1.29, 1.82) is 0 Å². The Morgan fingerprint density at radius 2 is 2.05 bits per heavy atom. The summed E-state index contributed by atoms with van der Waals surface area (Å²) >= 11 is 0. The molecule has 1 heterocycles. The summed E-state index contributed by atoms with van der Waals surface area (Å²) in [6.07, 6.45) is -0.0259. The molecule has 0 fully saturated rings. The number of rotatable bonds is 3. The number of nitrogen functional groups attached to an aromatic ring is 1. The summed E-state index contributed by atoms with van der Waals surface area (Å²) in [5.74, 6) is 0.0673. The van der Waals surface area contributed by atoms with Crippen molar-refractivity contribution in [3.8, 4) is 5.75 Å². The zero-order valence-corrected chi connectivity index (χ0v) is 12.3. The van der Waals surface area contributed by atoms with E-state index in [-0.39, 0.29) is 18.3 Å². The average molecular weight is 300 g/mol. The molecule has 1 amide bonds. The summed E-state index contributed by atoms with van der Waals surface area (Å²) in [6, 6.07) is 11.6. The second-order valence-corrected chi connectivity index (χ2v) is 5.26. The van der Waals surface area contributed by atoms with Gasteiger partial charge in [-0.3, -0.25) is 4.79 Å². The number of amides is 1. The van der Waals surface area contributed by atoms with E-state index < -0.39 is 6.10 Å². The lowest BCUT2D eigenvalue weighted by Gasteiger charge is -2.34. The third-order valence-corrected chi connectivity index (χ3v) is 3.74. The van der Waals surface area contributed by atoms with Crippen LogP contribution in [0, 0.1) is 5.82 Å². The van der Waals surface area contributed by atoms with E-state index in [9.17, 15) is 9.18 Å². The van der Waals surface area contributed by atoms with E-state index in [2.05, 4.69) is 0 Å².